The Balaban J connectivity index is 1.77. The smallest absolute Gasteiger partial charge is 0.263 e. The maximum absolute atomic E-state index is 13.1. The molecule has 0 saturated heterocycles. The first-order valence-corrected chi connectivity index (χ1v) is 10.2. The summed E-state index contributed by atoms with van der Waals surface area (Å²) in [6.07, 6.45) is 3.36. The zero-order valence-corrected chi connectivity index (χ0v) is 15.7. The van der Waals surface area contributed by atoms with Crippen LogP contribution in [0.2, 0.25) is 0 Å². The van der Waals surface area contributed by atoms with E-state index in [-0.39, 0.29) is 4.90 Å². The largest absolute Gasteiger partial charge is 0.497 e. The SMILES string of the molecule is COc1ccc(NS(=O)(=O)c2cc(-c3ccco3)cc3c2NCCC3)cc1. The van der Waals surface area contributed by atoms with E-state index in [0.29, 0.717) is 22.9 Å². The van der Waals surface area contributed by atoms with Crippen molar-refractivity contribution < 1.29 is 17.6 Å². The Kier molecular flexibility index (Phi) is 4.53. The van der Waals surface area contributed by atoms with Crippen LogP contribution in [-0.4, -0.2) is 22.1 Å². The Labute approximate surface area is 158 Å². The van der Waals surface area contributed by atoms with Crippen LogP contribution in [0, 0.1) is 0 Å². The van der Waals surface area contributed by atoms with E-state index < -0.39 is 10.0 Å². The van der Waals surface area contributed by atoms with Gasteiger partial charge in [-0.2, -0.15) is 0 Å². The molecule has 0 saturated carbocycles. The van der Waals surface area contributed by atoms with Crippen LogP contribution in [0.3, 0.4) is 0 Å². The number of rotatable bonds is 5. The second-order valence-electron chi connectivity index (χ2n) is 6.35. The average molecular weight is 384 g/mol. The minimum Gasteiger partial charge on any atom is -0.497 e. The van der Waals surface area contributed by atoms with Crippen molar-refractivity contribution in [1.29, 1.82) is 0 Å². The van der Waals surface area contributed by atoms with E-state index in [0.717, 1.165) is 30.5 Å². The number of fused-ring (bicyclic) bond motifs is 1. The number of methoxy groups -OCH3 is 1. The van der Waals surface area contributed by atoms with Crippen molar-refractivity contribution >= 4 is 21.4 Å². The molecule has 7 heteroatoms. The summed E-state index contributed by atoms with van der Waals surface area (Å²) in [6, 6.07) is 14.0. The Morgan fingerprint density at radius 1 is 1.15 bits per heavy atom. The molecule has 0 fully saturated rings. The molecule has 0 aliphatic carbocycles. The maximum Gasteiger partial charge on any atom is 0.263 e. The molecule has 0 amide bonds. The Hall–Kier alpha value is -2.93. The van der Waals surface area contributed by atoms with Gasteiger partial charge in [0.2, 0.25) is 0 Å². The third-order valence-electron chi connectivity index (χ3n) is 4.55. The van der Waals surface area contributed by atoms with Gasteiger partial charge in [-0.1, -0.05) is 0 Å². The Morgan fingerprint density at radius 2 is 1.96 bits per heavy atom. The van der Waals surface area contributed by atoms with Gasteiger partial charge in [0, 0.05) is 17.8 Å². The zero-order chi connectivity index (χ0) is 18.9. The molecular weight excluding hydrogens is 364 g/mol. The summed E-state index contributed by atoms with van der Waals surface area (Å²) in [5, 5.41) is 3.24. The second-order valence-corrected chi connectivity index (χ2v) is 8.00. The van der Waals surface area contributed by atoms with Crippen LogP contribution in [0.5, 0.6) is 5.75 Å². The van der Waals surface area contributed by atoms with Crippen LogP contribution >= 0.6 is 0 Å². The molecule has 1 aromatic heterocycles. The van der Waals surface area contributed by atoms with Gasteiger partial charge in [0.25, 0.3) is 10.0 Å². The lowest BCUT2D eigenvalue weighted by Crippen LogP contribution is -2.20. The van der Waals surface area contributed by atoms with Crippen LogP contribution in [0.15, 0.2) is 64.1 Å². The van der Waals surface area contributed by atoms with E-state index in [1.54, 1.807) is 49.8 Å². The van der Waals surface area contributed by atoms with Gasteiger partial charge in [0.15, 0.2) is 0 Å². The number of hydrogen-bond donors (Lipinski definition) is 2. The molecule has 4 rings (SSSR count). The molecule has 2 aromatic carbocycles. The van der Waals surface area contributed by atoms with Gasteiger partial charge < -0.3 is 14.5 Å². The number of sulfonamides is 1. The molecule has 0 radical (unpaired) electrons. The maximum atomic E-state index is 13.1. The number of aryl methyl sites for hydroxylation is 1. The zero-order valence-electron chi connectivity index (χ0n) is 14.9. The average Bonchev–Trinajstić information content (AvgIpc) is 3.22. The lowest BCUT2D eigenvalue weighted by atomic mass is 10.00. The summed E-state index contributed by atoms with van der Waals surface area (Å²) >= 11 is 0. The monoisotopic (exact) mass is 384 g/mol. The highest BCUT2D eigenvalue weighted by molar-refractivity contribution is 7.92. The third kappa shape index (κ3) is 3.50. The van der Waals surface area contributed by atoms with Crippen LogP contribution < -0.4 is 14.8 Å². The summed E-state index contributed by atoms with van der Waals surface area (Å²) in [4.78, 5) is 0.224. The molecule has 3 aromatic rings. The standard InChI is InChI=1S/C20H20N2O4S/c1-25-17-8-6-16(7-9-17)22-27(23,24)19-13-15(18-5-3-11-26-18)12-14-4-2-10-21-20(14)19/h3,5-9,11-13,21-22H,2,4,10H2,1H3. The Morgan fingerprint density at radius 3 is 2.67 bits per heavy atom. The number of ether oxygens (including phenoxy) is 1. The number of nitrogens with one attached hydrogen (secondary N) is 2. The molecule has 0 atom stereocenters. The van der Waals surface area contributed by atoms with Crippen molar-refractivity contribution in [2.75, 3.05) is 23.7 Å². The van der Waals surface area contributed by atoms with Crippen LogP contribution in [0.4, 0.5) is 11.4 Å². The molecule has 2 heterocycles. The van der Waals surface area contributed by atoms with Crippen molar-refractivity contribution in [2.45, 2.75) is 17.7 Å². The quantitative estimate of drug-likeness (QED) is 0.692. The molecule has 140 valence electrons. The summed E-state index contributed by atoms with van der Waals surface area (Å²) in [7, 11) is -2.22. The predicted octanol–water partition coefficient (Wildman–Crippen LogP) is 4.11. The predicted molar refractivity (Wildman–Crippen MR) is 105 cm³/mol. The van der Waals surface area contributed by atoms with E-state index in [4.69, 9.17) is 9.15 Å². The highest BCUT2D eigenvalue weighted by atomic mass is 32.2. The third-order valence-corrected chi connectivity index (χ3v) is 5.95. The minimum absolute atomic E-state index is 0.224. The number of benzene rings is 2. The molecule has 6 nitrogen and oxygen atoms in total. The summed E-state index contributed by atoms with van der Waals surface area (Å²) in [6.45, 7) is 0.748. The number of anilines is 2. The first-order chi connectivity index (χ1) is 13.1. The molecule has 1 aliphatic rings. The summed E-state index contributed by atoms with van der Waals surface area (Å²) < 4.78 is 39.5. The topological polar surface area (TPSA) is 80.6 Å². The molecule has 0 unspecified atom stereocenters. The molecule has 27 heavy (non-hydrogen) atoms. The number of hydrogen-bond acceptors (Lipinski definition) is 5. The fourth-order valence-electron chi connectivity index (χ4n) is 3.23. The van der Waals surface area contributed by atoms with E-state index in [2.05, 4.69) is 10.0 Å². The van der Waals surface area contributed by atoms with E-state index in [1.807, 2.05) is 12.1 Å². The van der Waals surface area contributed by atoms with Gasteiger partial charge in [-0.05, 0) is 66.9 Å². The van der Waals surface area contributed by atoms with Gasteiger partial charge in [-0.15, -0.1) is 0 Å². The van der Waals surface area contributed by atoms with Crippen molar-refractivity contribution in [1.82, 2.24) is 0 Å². The number of furan rings is 1. The summed E-state index contributed by atoms with van der Waals surface area (Å²) in [5.74, 6) is 1.31. The normalized spacial score (nSPS) is 13.5. The van der Waals surface area contributed by atoms with Crippen molar-refractivity contribution in [2.24, 2.45) is 0 Å². The van der Waals surface area contributed by atoms with Gasteiger partial charge in [0.1, 0.15) is 16.4 Å². The fraction of sp³-hybridized carbons (Fsp3) is 0.200. The molecular formula is C20H20N2O4S. The lowest BCUT2D eigenvalue weighted by molar-refractivity contribution is 0.415. The Bertz CT molecular complexity index is 1040. The highest BCUT2D eigenvalue weighted by Crippen LogP contribution is 2.36. The summed E-state index contributed by atoms with van der Waals surface area (Å²) in [5.41, 5.74) is 2.86. The van der Waals surface area contributed by atoms with Gasteiger partial charge >= 0.3 is 0 Å². The minimum atomic E-state index is -3.78. The van der Waals surface area contributed by atoms with Crippen molar-refractivity contribution in [3.63, 3.8) is 0 Å². The van der Waals surface area contributed by atoms with E-state index in [1.165, 1.54) is 0 Å². The molecule has 2 N–H and O–H groups in total. The second kappa shape index (κ2) is 7.00. The van der Waals surface area contributed by atoms with Gasteiger partial charge in [-0.3, -0.25) is 4.72 Å². The van der Waals surface area contributed by atoms with Gasteiger partial charge in [-0.25, -0.2) is 8.42 Å². The first kappa shape index (κ1) is 17.5. The van der Waals surface area contributed by atoms with Gasteiger partial charge in [0.05, 0.1) is 19.1 Å². The van der Waals surface area contributed by atoms with Crippen molar-refractivity contribution in [3.8, 4) is 17.1 Å². The van der Waals surface area contributed by atoms with Crippen LogP contribution in [-0.2, 0) is 16.4 Å². The fourth-order valence-corrected chi connectivity index (χ4v) is 4.54. The van der Waals surface area contributed by atoms with Crippen molar-refractivity contribution in [3.05, 3.63) is 60.4 Å². The van der Waals surface area contributed by atoms with E-state index in [9.17, 15) is 8.42 Å². The van der Waals surface area contributed by atoms with Crippen LogP contribution in [0.1, 0.15) is 12.0 Å². The lowest BCUT2D eigenvalue weighted by Gasteiger charge is -2.22. The molecule has 0 bridgehead atoms. The molecule has 1 aliphatic heterocycles. The van der Waals surface area contributed by atoms with Crippen LogP contribution in [0.25, 0.3) is 11.3 Å². The van der Waals surface area contributed by atoms with E-state index >= 15 is 0 Å². The highest BCUT2D eigenvalue weighted by Gasteiger charge is 2.25. The first-order valence-electron chi connectivity index (χ1n) is 8.68. The molecule has 0 spiro atoms.